The maximum Gasteiger partial charge on any atom is 0.246 e. The van der Waals surface area contributed by atoms with Crippen LogP contribution in [0.1, 0.15) is 161 Å². The smallest absolute Gasteiger partial charge is 0.246 e. The normalized spacial score (nSPS) is 21.7. The molecule has 21 heteroatoms. The van der Waals surface area contributed by atoms with Crippen LogP contribution in [0.4, 0.5) is 0 Å². The summed E-state index contributed by atoms with van der Waals surface area (Å²) < 4.78 is 9.66. The van der Waals surface area contributed by atoms with Gasteiger partial charge in [0.05, 0.1) is 49.8 Å². The lowest BCUT2D eigenvalue weighted by molar-refractivity contribution is -0.144. The van der Waals surface area contributed by atoms with Gasteiger partial charge in [-0.05, 0) is 138 Å². The molecule has 89 heavy (non-hydrogen) atoms. The van der Waals surface area contributed by atoms with Crippen molar-refractivity contribution in [3.8, 4) is 0 Å². The van der Waals surface area contributed by atoms with Gasteiger partial charge < -0.3 is 46.4 Å². The number of hydrogen-bond donors (Lipinski definition) is 6. The molecule has 0 unspecified atom stereocenters. The lowest BCUT2D eigenvalue weighted by Gasteiger charge is -2.36. The quantitative estimate of drug-likeness (QED) is 0.0349. The van der Waals surface area contributed by atoms with Gasteiger partial charge in [0.15, 0.2) is 0 Å². The average molecular weight is 1210 g/mol. The summed E-state index contributed by atoms with van der Waals surface area (Å²) in [5.74, 6) is -1.18. The minimum absolute atomic E-state index is 0.0344. The summed E-state index contributed by atoms with van der Waals surface area (Å²) in [4.78, 5) is 86.2. The van der Waals surface area contributed by atoms with E-state index in [-0.39, 0.29) is 60.7 Å². The number of carbonyl (C=O) groups excluding carboxylic acids is 6. The second kappa shape index (κ2) is 30.9. The lowest BCUT2D eigenvalue weighted by atomic mass is 9.96. The fourth-order valence-corrected chi connectivity index (χ4v) is 13.1. The Morgan fingerprint density at radius 1 is 0.506 bits per heavy atom. The van der Waals surface area contributed by atoms with Crippen LogP contribution in [0.2, 0.25) is 0 Å². The van der Waals surface area contributed by atoms with Gasteiger partial charge >= 0.3 is 0 Å². The third-order valence-electron chi connectivity index (χ3n) is 18.4. The van der Waals surface area contributed by atoms with E-state index in [0.29, 0.717) is 38.8 Å². The highest BCUT2D eigenvalue weighted by Gasteiger charge is 2.46. The Bertz CT molecular complexity index is 3090. The molecule has 0 radical (unpaired) electrons. The molecule has 6 N–H and O–H groups in total. The minimum atomic E-state index is -0.666. The number of benzene rings is 4. The third-order valence-corrected chi connectivity index (χ3v) is 18.4. The van der Waals surface area contributed by atoms with E-state index in [1.54, 1.807) is 37.7 Å². The van der Waals surface area contributed by atoms with Gasteiger partial charge in [-0.15, -0.1) is 10.2 Å². The topological polar surface area (TPSA) is 252 Å². The summed E-state index contributed by atoms with van der Waals surface area (Å²) in [7, 11) is 3.43. The summed E-state index contributed by atoms with van der Waals surface area (Å²) in [6.45, 7) is 5.43. The highest BCUT2D eigenvalue weighted by atomic mass is 16.5. The number of carbonyl (C=O) groups is 6. The largest absolute Gasteiger partial charge is 0.369 e. The van der Waals surface area contributed by atoms with Gasteiger partial charge in [0.25, 0.3) is 0 Å². The Hall–Kier alpha value is -8.14. The summed E-state index contributed by atoms with van der Waals surface area (Å²) in [5.41, 5.74) is 7.52. The fraction of sp³-hybridized carbons (Fsp3) is 0.500. The molecule has 0 bridgehead atoms. The van der Waals surface area contributed by atoms with Gasteiger partial charge in [0.1, 0.15) is 35.6 Å². The van der Waals surface area contributed by atoms with E-state index >= 15 is 0 Å². The molecule has 4 aliphatic heterocycles. The molecular formula is C68H88N14O7. The number of likely N-dealkylation sites (N-methyl/N-ethyl adjacent to an activating group) is 2. The Labute approximate surface area is 522 Å². The van der Waals surface area contributed by atoms with Gasteiger partial charge in [-0.3, -0.25) is 38.1 Å². The lowest BCUT2D eigenvalue weighted by Crippen LogP contribution is -2.58. The van der Waals surface area contributed by atoms with E-state index in [9.17, 15) is 28.8 Å². The van der Waals surface area contributed by atoms with Crippen LogP contribution in [0.25, 0.3) is 0 Å². The molecule has 6 heterocycles. The maximum absolute atomic E-state index is 14.3. The number of ether oxygens (including phenoxy) is 1. The van der Waals surface area contributed by atoms with Gasteiger partial charge in [-0.1, -0.05) is 145 Å². The molecule has 4 aliphatic rings. The molecular weight excluding hydrogens is 1120 g/mol. The number of nitrogens with one attached hydrogen (secondary N) is 6. The Morgan fingerprint density at radius 2 is 0.888 bits per heavy atom. The van der Waals surface area contributed by atoms with Crippen molar-refractivity contribution in [2.24, 2.45) is 0 Å². The van der Waals surface area contributed by atoms with Crippen molar-refractivity contribution >= 4 is 35.4 Å². The number of fused-ring (bicyclic) bond motifs is 2. The predicted octanol–water partition coefficient (Wildman–Crippen LogP) is 6.32. The van der Waals surface area contributed by atoms with E-state index in [1.807, 2.05) is 82.4 Å². The zero-order valence-corrected chi connectivity index (χ0v) is 51.9. The van der Waals surface area contributed by atoms with Gasteiger partial charge in [-0.25, -0.2) is 0 Å². The van der Waals surface area contributed by atoms with E-state index in [0.717, 1.165) is 122 Å². The third kappa shape index (κ3) is 16.4. The first-order valence-electron chi connectivity index (χ1n) is 32.2. The number of nitrogens with zero attached hydrogens (tertiary/aromatic N) is 8. The number of amides is 6. The first kappa shape index (κ1) is 63.9. The molecule has 472 valence electrons. The van der Waals surface area contributed by atoms with Crippen LogP contribution in [0.5, 0.6) is 0 Å². The van der Waals surface area contributed by atoms with E-state index < -0.39 is 48.3 Å². The highest BCUT2D eigenvalue weighted by molar-refractivity contribution is 5.95. The number of hydrogen-bond acceptors (Lipinski definition) is 13. The first-order valence-corrected chi connectivity index (χ1v) is 32.2. The standard InChI is InChI=1S/C68H88N14O7/c1-45(69-3)63(83)71-57-25-13-11-23-55-35-37-59(81(55)67(57)87)65(85)73-61(49-19-7-5-8-20-49)51-31-27-47(28-32-51)17-15-39-79-41-53(75-77-79)43-89-44-54-42-80(78-76-54)40-16-18-48-29-33-52(34-30-48)62(50-21-9-6-10-22-50)74-66(86)60-38-36-56-24-12-14-26-58(68(88)82(56)60)72-64(84)46(2)70-4/h5-10,19-22,27-34,41-42,45-46,55-62,69-70H,11-18,23-26,35-40,43-44H2,1-4H3,(H,71,83)(H,72,84)(H,73,85)(H,74,86)/t45-,46-,55-,56-,57-,58-,59-,60-,61-,62-/m0/s1. The second-order valence-electron chi connectivity index (χ2n) is 24.5. The molecule has 0 spiro atoms. The Morgan fingerprint density at radius 3 is 1.28 bits per heavy atom. The number of rotatable bonds is 26. The summed E-state index contributed by atoms with van der Waals surface area (Å²) in [6.07, 6.45) is 16.1. The molecule has 10 rings (SSSR count). The number of aryl methyl sites for hydroxylation is 4. The van der Waals surface area contributed by atoms with Crippen molar-refractivity contribution in [1.29, 1.82) is 0 Å². The zero-order chi connectivity index (χ0) is 62.2. The van der Waals surface area contributed by atoms with Crippen LogP contribution in [-0.2, 0) is 72.6 Å². The van der Waals surface area contributed by atoms with Gasteiger partial charge in [0, 0.05) is 25.2 Å². The molecule has 21 nitrogen and oxygen atoms in total. The molecule has 2 aromatic heterocycles. The van der Waals surface area contributed by atoms with Crippen molar-refractivity contribution in [2.75, 3.05) is 14.1 Å². The second-order valence-corrected chi connectivity index (χ2v) is 24.5. The molecule has 10 atom stereocenters. The minimum Gasteiger partial charge on any atom is -0.369 e. The van der Waals surface area contributed by atoms with E-state index in [1.165, 1.54) is 0 Å². The number of aromatic nitrogens is 6. The van der Waals surface area contributed by atoms with Crippen molar-refractivity contribution < 1.29 is 33.5 Å². The molecule has 6 aromatic rings. The summed E-state index contributed by atoms with van der Waals surface area (Å²) in [6, 6.07) is 32.1. The molecule has 4 aromatic carbocycles. The summed E-state index contributed by atoms with van der Waals surface area (Å²) >= 11 is 0. The average Bonchev–Trinajstić information content (AvgIpc) is 4.45. The predicted molar refractivity (Wildman–Crippen MR) is 336 cm³/mol. The van der Waals surface area contributed by atoms with Crippen molar-refractivity contribution in [3.05, 3.63) is 166 Å². The molecule has 6 amide bonds. The van der Waals surface area contributed by atoms with Crippen LogP contribution >= 0.6 is 0 Å². The van der Waals surface area contributed by atoms with Crippen LogP contribution < -0.4 is 31.9 Å². The van der Waals surface area contributed by atoms with Crippen LogP contribution in [0.15, 0.2) is 122 Å². The summed E-state index contributed by atoms with van der Waals surface area (Å²) in [5, 5.41) is 35.9. The first-order chi connectivity index (χ1) is 43.3. The Balaban J connectivity index is 0.661. The SMILES string of the molecule is CN[C@@H](C)C(=O)N[C@H]1CCCC[C@H]2CC[C@@H](C(=O)N[C@@H](c3ccccc3)c3ccc(CCCn4cc(COCc5cn(CCCc6ccc([C@@H](NC(=O)[C@@H]7CC[C@@H]8CCCC[C@H](NC(=O)[C@H](C)NC)C(=O)N87)c7ccccc7)cc6)nn5)nn4)cc3)N2C1=O. The molecule has 0 aliphatic carbocycles. The fourth-order valence-electron chi connectivity index (χ4n) is 13.1. The molecule has 4 fully saturated rings. The van der Waals surface area contributed by atoms with Crippen LogP contribution in [0, 0.1) is 0 Å². The van der Waals surface area contributed by atoms with Gasteiger partial charge in [0.2, 0.25) is 35.4 Å². The van der Waals surface area contributed by atoms with Crippen molar-refractivity contribution in [1.82, 2.24) is 71.7 Å². The van der Waals surface area contributed by atoms with Crippen LogP contribution in [0.3, 0.4) is 0 Å². The highest BCUT2D eigenvalue weighted by Crippen LogP contribution is 2.35. The monoisotopic (exact) mass is 1210 g/mol. The molecule has 4 saturated heterocycles. The van der Waals surface area contributed by atoms with Crippen molar-refractivity contribution in [3.63, 3.8) is 0 Å². The molecule has 0 saturated carbocycles. The van der Waals surface area contributed by atoms with E-state index in [4.69, 9.17) is 4.74 Å². The van der Waals surface area contributed by atoms with Crippen molar-refractivity contribution in [2.45, 2.75) is 203 Å². The van der Waals surface area contributed by atoms with Crippen LogP contribution in [-0.4, -0.2) is 138 Å². The Kier molecular flexibility index (Phi) is 22.1. The zero-order valence-electron chi connectivity index (χ0n) is 51.9. The van der Waals surface area contributed by atoms with E-state index in [2.05, 4.69) is 101 Å². The van der Waals surface area contributed by atoms with Gasteiger partial charge in [-0.2, -0.15) is 0 Å². The maximum atomic E-state index is 14.3.